The Hall–Kier alpha value is -2.37. The van der Waals surface area contributed by atoms with Crippen LogP contribution >= 0.6 is 0 Å². The summed E-state index contributed by atoms with van der Waals surface area (Å²) < 4.78 is 5.29. The number of amides is 3. The number of urea groups is 1. The number of hydrogen-bond donors (Lipinski definition) is 2. The lowest BCUT2D eigenvalue weighted by Gasteiger charge is -2.12. The minimum absolute atomic E-state index is 0.0779. The highest BCUT2D eigenvalue weighted by Crippen LogP contribution is 2.17. The van der Waals surface area contributed by atoms with Gasteiger partial charge in [-0.1, -0.05) is 25.0 Å². The van der Waals surface area contributed by atoms with Crippen LogP contribution in [0.15, 0.2) is 24.3 Å². The van der Waals surface area contributed by atoms with Crippen LogP contribution in [0.5, 0.6) is 5.75 Å². The molecule has 0 radical (unpaired) electrons. The summed E-state index contributed by atoms with van der Waals surface area (Å²) in [5.74, 6) is -0.186. The van der Waals surface area contributed by atoms with Crippen LogP contribution < -0.4 is 15.4 Å². The lowest BCUT2D eigenvalue weighted by atomic mass is 10.1. The van der Waals surface area contributed by atoms with Crippen LogP contribution in [-0.4, -0.2) is 30.4 Å². The molecule has 0 aliphatic heterocycles. The molecule has 0 aromatic heterocycles. The van der Waals surface area contributed by atoms with Crippen molar-refractivity contribution in [2.45, 2.75) is 38.6 Å². The van der Waals surface area contributed by atoms with Gasteiger partial charge in [-0.25, -0.2) is 4.79 Å². The lowest BCUT2D eigenvalue weighted by Crippen LogP contribution is -2.45. The third-order valence-electron chi connectivity index (χ3n) is 3.55. The normalized spacial score (nSPS) is 14.4. The molecule has 0 atom stereocenters. The largest absolute Gasteiger partial charge is 0.484 e. The maximum absolute atomic E-state index is 11.7. The van der Waals surface area contributed by atoms with E-state index in [1.54, 1.807) is 24.3 Å². The molecular formula is C16H20N2O4. The molecule has 0 unspecified atom stereocenters. The highest BCUT2D eigenvalue weighted by molar-refractivity contribution is 5.95. The number of ether oxygens (including phenoxy) is 1. The molecule has 2 N–H and O–H groups in total. The topological polar surface area (TPSA) is 84.5 Å². The first-order valence-electron chi connectivity index (χ1n) is 7.39. The van der Waals surface area contributed by atoms with Crippen LogP contribution in [0.3, 0.4) is 0 Å². The predicted molar refractivity (Wildman–Crippen MR) is 80.9 cm³/mol. The van der Waals surface area contributed by atoms with Gasteiger partial charge in [0, 0.05) is 11.6 Å². The first-order chi connectivity index (χ1) is 10.5. The van der Waals surface area contributed by atoms with E-state index in [0.717, 1.165) is 25.7 Å². The van der Waals surface area contributed by atoms with Gasteiger partial charge in [-0.05, 0) is 31.9 Å². The van der Waals surface area contributed by atoms with Crippen molar-refractivity contribution >= 4 is 17.7 Å². The number of hydrogen-bond acceptors (Lipinski definition) is 4. The van der Waals surface area contributed by atoms with Crippen LogP contribution in [0.2, 0.25) is 0 Å². The number of carbonyl (C=O) groups is 3. The summed E-state index contributed by atoms with van der Waals surface area (Å²) in [6.07, 6.45) is 4.12. The van der Waals surface area contributed by atoms with Gasteiger partial charge in [0.2, 0.25) is 0 Å². The van der Waals surface area contributed by atoms with E-state index >= 15 is 0 Å². The molecule has 1 aliphatic carbocycles. The standard InChI is InChI=1S/C16H20N2O4/c1-11(19)12-5-4-8-14(9-12)22-10-15(20)18-16(21)17-13-6-2-3-7-13/h4-5,8-9,13H,2-3,6-7,10H2,1H3,(H2,17,18,20,21). The smallest absolute Gasteiger partial charge is 0.321 e. The van der Waals surface area contributed by atoms with Crippen LogP contribution in [-0.2, 0) is 4.79 Å². The quantitative estimate of drug-likeness (QED) is 0.815. The highest BCUT2D eigenvalue weighted by Gasteiger charge is 2.18. The zero-order chi connectivity index (χ0) is 15.9. The maximum atomic E-state index is 11.7. The predicted octanol–water partition coefficient (Wildman–Crippen LogP) is 2.04. The Labute approximate surface area is 129 Å². The SMILES string of the molecule is CC(=O)c1cccc(OCC(=O)NC(=O)NC2CCCC2)c1. The molecule has 0 heterocycles. The minimum Gasteiger partial charge on any atom is -0.484 e. The number of ketones is 1. The summed E-state index contributed by atoms with van der Waals surface area (Å²) >= 11 is 0. The van der Waals surface area contributed by atoms with Gasteiger partial charge >= 0.3 is 6.03 Å². The molecule has 118 valence electrons. The summed E-state index contributed by atoms with van der Waals surface area (Å²) in [5, 5.41) is 4.99. The Kier molecular flexibility index (Phi) is 5.52. The Morgan fingerprint density at radius 1 is 1.23 bits per heavy atom. The minimum atomic E-state index is -0.524. The van der Waals surface area contributed by atoms with Gasteiger partial charge in [-0.3, -0.25) is 14.9 Å². The van der Waals surface area contributed by atoms with Crippen LogP contribution in [0, 0.1) is 0 Å². The molecule has 0 bridgehead atoms. The third kappa shape index (κ3) is 4.87. The van der Waals surface area contributed by atoms with Crippen molar-refractivity contribution in [2.24, 2.45) is 0 Å². The summed E-state index contributed by atoms with van der Waals surface area (Å²) in [5.41, 5.74) is 0.511. The number of carbonyl (C=O) groups excluding carboxylic acids is 3. The second-order valence-corrected chi connectivity index (χ2v) is 5.38. The molecule has 2 rings (SSSR count). The molecule has 6 heteroatoms. The fourth-order valence-corrected chi connectivity index (χ4v) is 2.41. The van der Waals surface area contributed by atoms with Gasteiger partial charge in [0.15, 0.2) is 12.4 Å². The summed E-state index contributed by atoms with van der Waals surface area (Å²) in [6, 6.07) is 6.23. The van der Waals surface area contributed by atoms with Gasteiger partial charge in [0.1, 0.15) is 5.75 Å². The van der Waals surface area contributed by atoms with E-state index in [2.05, 4.69) is 10.6 Å². The summed E-state index contributed by atoms with van der Waals surface area (Å²) in [7, 11) is 0. The van der Waals surface area contributed by atoms with Crippen molar-refractivity contribution in [1.29, 1.82) is 0 Å². The van der Waals surface area contributed by atoms with E-state index in [1.165, 1.54) is 6.92 Å². The molecule has 1 saturated carbocycles. The van der Waals surface area contributed by atoms with E-state index in [4.69, 9.17) is 4.74 Å². The highest BCUT2D eigenvalue weighted by atomic mass is 16.5. The summed E-state index contributed by atoms with van der Waals surface area (Å²) in [4.78, 5) is 34.5. The molecule has 0 saturated heterocycles. The van der Waals surface area contributed by atoms with Crippen molar-refractivity contribution < 1.29 is 19.1 Å². The first-order valence-corrected chi connectivity index (χ1v) is 7.39. The lowest BCUT2D eigenvalue weighted by molar-refractivity contribution is -0.122. The fourth-order valence-electron chi connectivity index (χ4n) is 2.41. The molecule has 3 amide bonds. The zero-order valence-corrected chi connectivity index (χ0v) is 12.6. The Morgan fingerprint density at radius 3 is 2.64 bits per heavy atom. The molecule has 6 nitrogen and oxygen atoms in total. The average Bonchev–Trinajstić information content (AvgIpc) is 2.98. The Morgan fingerprint density at radius 2 is 1.95 bits per heavy atom. The third-order valence-corrected chi connectivity index (χ3v) is 3.55. The van der Waals surface area contributed by atoms with Gasteiger partial charge in [-0.15, -0.1) is 0 Å². The molecule has 1 aliphatic rings. The monoisotopic (exact) mass is 304 g/mol. The van der Waals surface area contributed by atoms with E-state index in [-0.39, 0.29) is 18.4 Å². The fraction of sp³-hybridized carbons (Fsp3) is 0.438. The number of Topliss-reactive ketones (excluding diaryl/α,β-unsaturated/α-hetero) is 1. The molecule has 1 fully saturated rings. The Balaban J connectivity index is 1.76. The number of benzene rings is 1. The summed E-state index contributed by atoms with van der Waals surface area (Å²) in [6.45, 7) is 1.18. The van der Waals surface area contributed by atoms with E-state index in [9.17, 15) is 14.4 Å². The van der Waals surface area contributed by atoms with Gasteiger partial charge < -0.3 is 10.1 Å². The number of imide groups is 1. The van der Waals surface area contributed by atoms with Gasteiger partial charge in [0.05, 0.1) is 0 Å². The van der Waals surface area contributed by atoms with E-state index < -0.39 is 11.9 Å². The molecular weight excluding hydrogens is 284 g/mol. The van der Waals surface area contributed by atoms with Gasteiger partial charge in [-0.2, -0.15) is 0 Å². The number of nitrogens with one attached hydrogen (secondary N) is 2. The van der Waals surface area contributed by atoms with E-state index in [0.29, 0.717) is 11.3 Å². The molecule has 1 aromatic carbocycles. The molecule has 0 spiro atoms. The average molecular weight is 304 g/mol. The molecule has 22 heavy (non-hydrogen) atoms. The van der Waals surface area contributed by atoms with Crippen LogP contribution in [0.1, 0.15) is 43.0 Å². The van der Waals surface area contributed by atoms with Crippen molar-refractivity contribution in [3.05, 3.63) is 29.8 Å². The first kappa shape index (κ1) is 16.0. The maximum Gasteiger partial charge on any atom is 0.321 e. The number of rotatable bonds is 5. The van der Waals surface area contributed by atoms with Crippen molar-refractivity contribution in [3.63, 3.8) is 0 Å². The zero-order valence-electron chi connectivity index (χ0n) is 12.6. The van der Waals surface area contributed by atoms with E-state index in [1.807, 2.05) is 0 Å². The van der Waals surface area contributed by atoms with Crippen molar-refractivity contribution in [2.75, 3.05) is 6.61 Å². The molecule has 1 aromatic rings. The second kappa shape index (κ2) is 7.59. The van der Waals surface area contributed by atoms with Crippen molar-refractivity contribution in [1.82, 2.24) is 10.6 Å². The van der Waals surface area contributed by atoms with Crippen molar-refractivity contribution in [3.8, 4) is 5.75 Å². The van der Waals surface area contributed by atoms with Crippen LogP contribution in [0.4, 0.5) is 4.79 Å². The Bertz CT molecular complexity index is 565. The second-order valence-electron chi connectivity index (χ2n) is 5.38. The van der Waals surface area contributed by atoms with Gasteiger partial charge in [0.25, 0.3) is 5.91 Å². The van der Waals surface area contributed by atoms with Crippen LogP contribution in [0.25, 0.3) is 0 Å².